The summed E-state index contributed by atoms with van der Waals surface area (Å²) in [6, 6.07) is 3.82. The maximum Gasteiger partial charge on any atom is 0.342 e. The second kappa shape index (κ2) is 5.14. The summed E-state index contributed by atoms with van der Waals surface area (Å²) in [6.45, 7) is 3.34. The maximum absolute atomic E-state index is 13.3. The number of hydrogen-bond donors (Lipinski definition) is 2. The van der Waals surface area contributed by atoms with Crippen molar-refractivity contribution in [1.82, 2.24) is 0 Å². The highest BCUT2D eigenvalue weighted by Crippen LogP contribution is 2.22. The lowest BCUT2D eigenvalue weighted by Crippen LogP contribution is -2.22. The number of aliphatic hydroxyl groups is 1. The average molecular weight is 242 g/mol. The van der Waals surface area contributed by atoms with Crippen molar-refractivity contribution >= 4 is 5.97 Å². The molecule has 0 aliphatic rings. The van der Waals surface area contributed by atoms with E-state index in [1.807, 2.05) is 0 Å². The first-order valence-corrected chi connectivity index (χ1v) is 5.18. The van der Waals surface area contributed by atoms with Crippen LogP contribution in [0, 0.1) is 5.82 Å². The van der Waals surface area contributed by atoms with E-state index in [0.29, 0.717) is 6.42 Å². The lowest BCUT2D eigenvalue weighted by Gasteiger charge is -2.17. The third-order valence-corrected chi connectivity index (χ3v) is 2.16. The van der Waals surface area contributed by atoms with Gasteiger partial charge in [0.25, 0.3) is 0 Å². The van der Waals surface area contributed by atoms with Crippen LogP contribution in [0.4, 0.5) is 4.39 Å². The van der Waals surface area contributed by atoms with Gasteiger partial charge in [-0.1, -0.05) is 6.07 Å². The van der Waals surface area contributed by atoms with Gasteiger partial charge in [-0.25, -0.2) is 9.18 Å². The fourth-order valence-corrected chi connectivity index (χ4v) is 1.24. The first kappa shape index (κ1) is 13.4. The fourth-order valence-electron chi connectivity index (χ4n) is 1.24. The Morgan fingerprint density at radius 3 is 2.65 bits per heavy atom. The average Bonchev–Trinajstić information content (AvgIpc) is 2.14. The Hall–Kier alpha value is -1.62. The van der Waals surface area contributed by atoms with E-state index in [1.54, 1.807) is 13.8 Å². The number of carbonyl (C=O) groups is 1. The highest BCUT2D eigenvalue weighted by Gasteiger charge is 2.18. The molecule has 4 nitrogen and oxygen atoms in total. The molecule has 0 aliphatic heterocycles. The number of aromatic carboxylic acids is 1. The topological polar surface area (TPSA) is 66.8 Å². The predicted octanol–water partition coefficient (Wildman–Crippen LogP) is 2.06. The van der Waals surface area contributed by atoms with E-state index in [9.17, 15) is 14.3 Å². The smallest absolute Gasteiger partial charge is 0.342 e. The van der Waals surface area contributed by atoms with Crippen LogP contribution in [-0.4, -0.2) is 28.4 Å². The van der Waals surface area contributed by atoms with E-state index < -0.39 is 23.0 Å². The third kappa shape index (κ3) is 4.03. The normalized spacial score (nSPS) is 11.3. The molecule has 0 aromatic heterocycles. The molecule has 0 unspecified atom stereocenters. The zero-order valence-electron chi connectivity index (χ0n) is 9.74. The largest absolute Gasteiger partial charge is 0.492 e. The molecule has 0 bridgehead atoms. The van der Waals surface area contributed by atoms with Gasteiger partial charge in [-0.3, -0.25) is 0 Å². The second-order valence-corrected chi connectivity index (χ2v) is 4.33. The Morgan fingerprint density at radius 2 is 2.12 bits per heavy atom. The molecule has 0 heterocycles. The van der Waals surface area contributed by atoms with Gasteiger partial charge in [0.2, 0.25) is 0 Å². The molecule has 0 spiro atoms. The number of carboxylic acids is 1. The SMILES string of the molecule is CC(C)(O)CCOc1cccc(F)c1C(=O)O. The molecule has 0 saturated heterocycles. The molecule has 0 fully saturated rings. The lowest BCUT2D eigenvalue weighted by atomic mass is 10.1. The summed E-state index contributed by atoms with van der Waals surface area (Å²) in [5, 5.41) is 18.3. The van der Waals surface area contributed by atoms with Gasteiger partial charge in [0.05, 0.1) is 12.2 Å². The summed E-state index contributed by atoms with van der Waals surface area (Å²) < 4.78 is 18.4. The minimum atomic E-state index is -1.37. The quantitative estimate of drug-likeness (QED) is 0.829. The summed E-state index contributed by atoms with van der Waals surface area (Å²) in [5.74, 6) is -2.23. The van der Waals surface area contributed by atoms with Gasteiger partial charge in [-0.05, 0) is 26.0 Å². The summed E-state index contributed by atoms with van der Waals surface area (Å²) in [5.41, 5.74) is -1.39. The van der Waals surface area contributed by atoms with Crippen LogP contribution in [0.1, 0.15) is 30.6 Å². The number of ether oxygens (including phenoxy) is 1. The van der Waals surface area contributed by atoms with Crippen LogP contribution in [0.25, 0.3) is 0 Å². The van der Waals surface area contributed by atoms with E-state index in [-0.39, 0.29) is 12.4 Å². The number of carboxylic acid groups (broad SMARTS) is 1. The Bertz CT molecular complexity index is 409. The van der Waals surface area contributed by atoms with Crippen LogP contribution in [0.2, 0.25) is 0 Å². The van der Waals surface area contributed by atoms with Crippen LogP contribution in [-0.2, 0) is 0 Å². The van der Waals surface area contributed by atoms with Gasteiger partial charge >= 0.3 is 5.97 Å². The van der Waals surface area contributed by atoms with Crippen LogP contribution in [0.3, 0.4) is 0 Å². The third-order valence-electron chi connectivity index (χ3n) is 2.16. The highest BCUT2D eigenvalue weighted by molar-refractivity contribution is 5.91. The Morgan fingerprint density at radius 1 is 1.47 bits per heavy atom. The van der Waals surface area contributed by atoms with E-state index in [1.165, 1.54) is 12.1 Å². The van der Waals surface area contributed by atoms with Gasteiger partial charge in [0.1, 0.15) is 17.1 Å². The molecule has 5 heteroatoms. The van der Waals surface area contributed by atoms with Gasteiger partial charge in [0.15, 0.2) is 0 Å². The Labute approximate surface area is 98.7 Å². The fraction of sp³-hybridized carbons (Fsp3) is 0.417. The van der Waals surface area contributed by atoms with Crippen molar-refractivity contribution in [3.05, 3.63) is 29.6 Å². The van der Waals surface area contributed by atoms with E-state index in [2.05, 4.69) is 0 Å². The van der Waals surface area contributed by atoms with E-state index in [0.717, 1.165) is 6.07 Å². The minimum Gasteiger partial charge on any atom is -0.492 e. The zero-order chi connectivity index (χ0) is 13.1. The highest BCUT2D eigenvalue weighted by atomic mass is 19.1. The molecule has 1 rings (SSSR count). The number of benzene rings is 1. The van der Waals surface area contributed by atoms with Crippen LogP contribution < -0.4 is 4.74 Å². The van der Waals surface area contributed by atoms with Crippen molar-refractivity contribution in [2.24, 2.45) is 0 Å². The van der Waals surface area contributed by atoms with Gasteiger partial charge < -0.3 is 14.9 Å². The van der Waals surface area contributed by atoms with E-state index in [4.69, 9.17) is 9.84 Å². The molecular formula is C12H15FO4. The predicted molar refractivity (Wildman–Crippen MR) is 59.8 cm³/mol. The molecule has 2 N–H and O–H groups in total. The second-order valence-electron chi connectivity index (χ2n) is 4.33. The van der Waals surface area contributed by atoms with Gasteiger partial charge in [0, 0.05) is 6.42 Å². The van der Waals surface area contributed by atoms with E-state index >= 15 is 0 Å². The summed E-state index contributed by atoms with van der Waals surface area (Å²) in [6.07, 6.45) is 0.322. The molecule has 0 radical (unpaired) electrons. The summed E-state index contributed by atoms with van der Waals surface area (Å²) in [4.78, 5) is 10.8. The standard InChI is InChI=1S/C12H15FO4/c1-12(2,16)6-7-17-9-5-3-4-8(13)10(9)11(14)15/h3-5,16H,6-7H2,1-2H3,(H,14,15). The van der Waals surface area contributed by atoms with Crippen molar-refractivity contribution in [2.75, 3.05) is 6.61 Å². The van der Waals surface area contributed by atoms with Crippen LogP contribution in [0.5, 0.6) is 5.75 Å². The van der Waals surface area contributed by atoms with Crippen LogP contribution in [0.15, 0.2) is 18.2 Å². The van der Waals surface area contributed by atoms with Crippen molar-refractivity contribution in [2.45, 2.75) is 25.9 Å². The lowest BCUT2D eigenvalue weighted by molar-refractivity contribution is 0.0547. The Kier molecular flexibility index (Phi) is 4.07. The monoisotopic (exact) mass is 242 g/mol. The zero-order valence-corrected chi connectivity index (χ0v) is 9.74. The first-order valence-electron chi connectivity index (χ1n) is 5.18. The molecule has 94 valence electrons. The Balaban J connectivity index is 2.78. The molecule has 0 amide bonds. The van der Waals surface area contributed by atoms with Gasteiger partial charge in [-0.15, -0.1) is 0 Å². The summed E-state index contributed by atoms with van der Waals surface area (Å²) >= 11 is 0. The molecule has 1 aromatic rings. The first-order chi connectivity index (χ1) is 7.81. The molecular weight excluding hydrogens is 227 g/mol. The summed E-state index contributed by atoms with van der Waals surface area (Å²) in [7, 11) is 0. The molecule has 0 saturated carbocycles. The van der Waals surface area contributed by atoms with Gasteiger partial charge in [-0.2, -0.15) is 0 Å². The van der Waals surface area contributed by atoms with Crippen LogP contribution >= 0.6 is 0 Å². The maximum atomic E-state index is 13.3. The number of halogens is 1. The molecule has 1 aromatic carbocycles. The number of hydrogen-bond acceptors (Lipinski definition) is 3. The van der Waals surface area contributed by atoms with Crippen molar-refractivity contribution in [3.8, 4) is 5.75 Å². The molecule has 0 aliphatic carbocycles. The van der Waals surface area contributed by atoms with Crippen molar-refractivity contribution in [1.29, 1.82) is 0 Å². The number of rotatable bonds is 5. The molecule has 0 atom stereocenters. The minimum absolute atomic E-state index is 0.0262. The van der Waals surface area contributed by atoms with Crippen molar-refractivity contribution in [3.63, 3.8) is 0 Å². The molecule has 17 heavy (non-hydrogen) atoms. The van der Waals surface area contributed by atoms with Crippen molar-refractivity contribution < 1.29 is 24.1 Å².